The van der Waals surface area contributed by atoms with Gasteiger partial charge in [0.05, 0.1) is 12.1 Å². The third-order valence-corrected chi connectivity index (χ3v) is 8.76. The summed E-state index contributed by atoms with van der Waals surface area (Å²) in [5, 5.41) is 11.1. The molecule has 2 aliphatic heterocycles. The molecule has 12 nitrogen and oxygen atoms in total. The molecule has 2 rings (SSSR count). The number of likely N-dealkylation sites (tertiary alicyclic amines) is 2. The number of nitrogens with one attached hydrogen (secondary N) is 4. The molecule has 0 aromatic rings. The average Bonchev–Trinajstić information content (AvgIpc) is 3.47. The topological polar surface area (TPSA) is 157 Å². The van der Waals surface area contributed by atoms with Crippen LogP contribution in [0.25, 0.3) is 0 Å². The van der Waals surface area contributed by atoms with Crippen LogP contribution in [0, 0.1) is 10.8 Å². The first kappa shape index (κ1) is 38.7. The van der Waals surface area contributed by atoms with E-state index in [9.17, 15) is 28.8 Å². The number of nitrogens with zero attached hydrogens (tertiary/aromatic N) is 2. The lowest BCUT2D eigenvalue weighted by molar-refractivity contribution is -0.143. The van der Waals surface area contributed by atoms with Crippen LogP contribution in [0.1, 0.15) is 106 Å². The van der Waals surface area contributed by atoms with Crippen LogP contribution in [0.15, 0.2) is 12.7 Å². The molecule has 2 saturated heterocycles. The first-order valence-corrected chi connectivity index (χ1v) is 16.9. The summed E-state index contributed by atoms with van der Waals surface area (Å²) in [6, 6.07) is -3.69. The largest absolute Gasteiger partial charge is 0.346 e. The van der Waals surface area contributed by atoms with Crippen LogP contribution in [-0.4, -0.2) is 95.6 Å². The Hall–Kier alpha value is -3.44. The van der Waals surface area contributed by atoms with Crippen LogP contribution < -0.4 is 21.3 Å². The molecule has 0 saturated carbocycles. The molecule has 0 aliphatic carbocycles. The van der Waals surface area contributed by atoms with Gasteiger partial charge in [-0.2, -0.15) is 0 Å². The Morgan fingerprint density at radius 1 is 0.935 bits per heavy atom. The summed E-state index contributed by atoms with van der Waals surface area (Å²) < 4.78 is 0. The summed E-state index contributed by atoms with van der Waals surface area (Å²) in [6.07, 6.45) is 7.46. The minimum absolute atomic E-state index is 0.0792. The van der Waals surface area contributed by atoms with E-state index in [-0.39, 0.29) is 23.9 Å². The number of amides is 6. The number of hydrogen-bond donors (Lipinski definition) is 4. The van der Waals surface area contributed by atoms with E-state index in [2.05, 4.69) is 27.8 Å². The van der Waals surface area contributed by atoms with E-state index >= 15 is 0 Å². The third-order valence-electron chi connectivity index (χ3n) is 8.76. The molecule has 0 radical (unpaired) electrons. The number of ketones is 1. The van der Waals surface area contributed by atoms with Crippen molar-refractivity contribution in [1.82, 2.24) is 31.1 Å². The highest BCUT2D eigenvalue weighted by Gasteiger charge is 2.43. The van der Waals surface area contributed by atoms with Crippen LogP contribution in [0.5, 0.6) is 0 Å². The Morgan fingerprint density at radius 3 is 2.22 bits per heavy atom. The predicted octanol–water partition coefficient (Wildman–Crippen LogP) is 3.05. The molecule has 0 spiro atoms. The van der Waals surface area contributed by atoms with E-state index in [1.165, 1.54) is 11.0 Å². The van der Waals surface area contributed by atoms with Gasteiger partial charge in [-0.15, -0.1) is 6.58 Å². The van der Waals surface area contributed by atoms with Crippen LogP contribution in [0.3, 0.4) is 0 Å². The molecule has 0 bridgehead atoms. The number of urea groups is 1. The van der Waals surface area contributed by atoms with Crippen LogP contribution in [-0.2, 0) is 24.0 Å². The fourth-order valence-electron chi connectivity index (χ4n) is 5.81. The fourth-order valence-corrected chi connectivity index (χ4v) is 5.81. The number of unbranched alkanes of at least 4 members (excludes halogenated alkanes) is 2. The first-order valence-electron chi connectivity index (χ1n) is 16.9. The van der Waals surface area contributed by atoms with E-state index < -0.39 is 53.1 Å². The normalized spacial score (nSPS) is 19.1. The summed E-state index contributed by atoms with van der Waals surface area (Å²) in [6.45, 7) is 18.6. The second kappa shape index (κ2) is 17.5. The van der Waals surface area contributed by atoms with Gasteiger partial charge in [0, 0.05) is 32.6 Å². The van der Waals surface area contributed by atoms with Gasteiger partial charge in [0.15, 0.2) is 0 Å². The maximum atomic E-state index is 14.1. The number of hydrogen-bond acceptors (Lipinski definition) is 6. The SMILES string of the molecule is C=CCNC(=O)C(=O)C(CCCCC)NC(=O)[C@@H]1CCCN1C(=O)[C@@H](NC(=O)N[C@H](CN1CCCCC1=O)C(C)(C)C)C(C)(C)C. The summed E-state index contributed by atoms with van der Waals surface area (Å²) in [5.41, 5.74) is -1.05. The van der Waals surface area contributed by atoms with Crippen molar-refractivity contribution in [2.24, 2.45) is 10.8 Å². The Morgan fingerprint density at radius 2 is 1.63 bits per heavy atom. The molecule has 0 aromatic heterocycles. The fraction of sp³-hybridized carbons (Fsp3) is 0.765. The maximum absolute atomic E-state index is 14.1. The molecule has 0 aromatic carbocycles. The van der Waals surface area contributed by atoms with Crippen LogP contribution in [0.4, 0.5) is 4.79 Å². The molecule has 4 atom stereocenters. The summed E-state index contributed by atoms with van der Waals surface area (Å²) in [5.74, 6) is -2.32. The lowest BCUT2D eigenvalue weighted by Gasteiger charge is -2.39. The third kappa shape index (κ3) is 11.4. The van der Waals surface area contributed by atoms with E-state index in [0.29, 0.717) is 51.7 Å². The molecule has 46 heavy (non-hydrogen) atoms. The highest BCUT2D eigenvalue weighted by atomic mass is 16.2. The van der Waals surface area contributed by atoms with Crippen LogP contribution >= 0.6 is 0 Å². The number of rotatable bonds is 15. The van der Waals surface area contributed by atoms with Gasteiger partial charge in [-0.05, 0) is 42.9 Å². The molecule has 6 amide bonds. The Bertz CT molecular complexity index is 1110. The zero-order valence-corrected chi connectivity index (χ0v) is 29.1. The lowest BCUT2D eigenvalue weighted by Crippen LogP contribution is -2.62. The molecular formula is C34H58N6O6. The van der Waals surface area contributed by atoms with E-state index in [4.69, 9.17) is 0 Å². The molecule has 4 N–H and O–H groups in total. The van der Waals surface area contributed by atoms with Gasteiger partial charge < -0.3 is 31.1 Å². The van der Waals surface area contributed by atoms with Gasteiger partial charge >= 0.3 is 6.03 Å². The minimum atomic E-state index is -1.01. The van der Waals surface area contributed by atoms with E-state index in [1.54, 1.807) is 4.90 Å². The monoisotopic (exact) mass is 646 g/mol. The summed E-state index contributed by atoms with van der Waals surface area (Å²) in [7, 11) is 0. The standard InChI is InChI=1S/C34H58N6O6/c1-9-11-12-16-23(27(42)30(44)35-19-10-2)36-29(43)24-17-15-21-40(24)31(45)28(34(6,7)8)38-32(46)37-25(33(3,4)5)22-39-20-14-13-18-26(39)41/h10,23-25,28H,2,9,11-22H2,1,3-8H3,(H,35,44)(H,36,43)(H2,37,38,46)/t23?,24-,25+,28+/m0/s1. The molecule has 1 unspecified atom stereocenters. The van der Waals surface area contributed by atoms with E-state index in [1.807, 2.05) is 48.5 Å². The smallest absolute Gasteiger partial charge is 0.315 e. The molecule has 12 heteroatoms. The Kier molecular flexibility index (Phi) is 14.7. The number of carbonyl (C=O) groups is 6. The van der Waals surface area contributed by atoms with Crippen molar-refractivity contribution >= 4 is 35.4 Å². The van der Waals surface area contributed by atoms with Gasteiger partial charge in [-0.25, -0.2) is 4.79 Å². The molecular weight excluding hydrogens is 588 g/mol. The zero-order valence-electron chi connectivity index (χ0n) is 29.1. The summed E-state index contributed by atoms with van der Waals surface area (Å²) in [4.78, 5) is 82.2. The number of carbonyl (C=O) groups excluding carboxylic acids is 6. The highest BCUT2D eigenvalue weighted by Crippen LogP contribution is 2.27. The molecule has 2 heterocycles. The second-order valence-electron chi connectivity index (χ2n) is 14.7. The van der Waals surface area contributed by atoms with Crippen molar-refractivity contribution in [2.75, 3.05) is 26.2 Å². The van der Waals surface area contributed by atoms with Crippen molar-refractivity contribution in [3.63, 3.8) is 0 Å². The minimum Gasteiger partial charge on any atom is -0.346 e. The average molecular weight is 647 g/mol. The first-order chi connectivity index (χ1) is 21.5. The second-order valence-corrected chi connectivity index (χ2v) is 14.7. The van der Waals surface area contributed by atoms with Crippen molar-refractivity contribution in [3.05, 3.63) is 12.7 Å². The predicted molar refractivity (Wildman–Crippen MR) is 178 cm³/mol. The Balaban J connectivity index is 2.19. The van der Waals surface area contributed by atoms with Gasteiger partial charge in [-0.3, -0.25) is 24.0 Å². The van der Waals surface area contributed by atoms with Crippen molar-refractivity contribution in [1.29, 1.82) is 0 Å². The zero-order chi connectivity index (χ0) is 34.7. The highest BCUT2D eigenvalue weighted by molar-refractivity contribution is 6.38. The number of Topliss-reactive ketones (excluding diaryl/α,β-unsaturated/α-hetero) is 1. The Labute approximate surface area is 275 Å². The van der Waals surface area contributed by atoms with Crippen molar-refractivity contribution < 1.29 is 28.8 Å². The molecule has 2 fully saturated rings. The molecule has 260 valence electrons. The van der Waals surface area contributed by atoms with E-state index in [0.717, 1.165) is 25.7 Å². The quantitative estimate of drug-likeness (QED) is 0.122. The molecule has 2 aliphatic rings. The van der Waals surface area contributed by atoms with Gasteiger partial charge in [0.1, 0.15) is 12.1 Å². The van der Waals surface area contributed by atoms with Crippen LogP contribution in [0.2, 0.25) is 0 Å². The lowest BCUT2D eigenvalue weighted by atomic mass is 9.85. The van der Waals surface area contributed by atoms with Crippen molar-refractivity contribution in [3.8, 4) is 0 Å². The van der Waals surface area contributed by atoms with Gasteiger partial charge in [0.2, 0.25) is 23.5 Å². The van der Waals surface area contributed by atoms with Gasteiger partial charge in [-0.1, -0.05) is 73.8 Å². The summed E-state index contributed by atoms with van der Waals surface area (Å²) >= 11 is 0. The maximum Gasteiger partial charge on any atom is 0.315 e. The van der Waals surface area contributed by atoms with Gasteiger partial charge in [0.25, 0.3) is 5.91 Å². The number of piperidine rings is 1. The van der Waals surface area contributed by atoms with Crippen molar-refractivity contribution in [2.45, 2.75) is 130 Å².